The van der Waals surface area contributed by atoms with Crippen molar-refractivity contribution in [2.24, 2.45) is 0 Å². The Labute approximate surface area is 55.9 Å². The summed E-state index contributed by atoms with van der Waals surface area (Å²) in [6.45, 7) is 3.59. The summed E-state index contributed by atoms with van der Waals surface area (Å²) in [6, 6.07) is 0. The number of halogens is 1. The van der Waals surface area contributed by atoms with Crippen LogP contribution in [-0.4, -0.2) is 5.88 Å². The van der Waals surface area contributed by atoms with E-state index >= 15 is 0 Å². The Morgan fingerprint density at radius 3 is 2.50 bits per heavy atom. The van der Waals surface area contributed by atoms with Gasteiger partial charge in [0.05, 0.1) is 0 Å². The molecule has 0 N–H and O–H groups in total. The van der Waals surface area contributed by atoms with Crippen molar-refractivity contribution in [1.82, 2.24) is 0 Å². The molecule has 0 aromatic carbocycles. The Balaban J connectivity index is 2.90. The molecule has 0 atom stereocenters. The Morgan fingerprint density at radius 2 is 2.00 bits per heavy atom. The SMILES string of the molecule is C=CCC/C=C/CCl. The van der Waals surface area contributed by atoms with E-state index in [4.69, 9.17) is 11.6 Å². The molecule has 0 nitrogen and oxygen atoms in total. The molecule has 46 valence electrons. The maximum absolute atomic E-state index is 5.37. The highest BCUT2D eigenvalue weighted by molar-refractivity contribution is 6.18. The topological polar surface area (TPSA) is 0 Å². The van der Waals surface area contributed by atoms with E-state index in [9.17, 15) is 0 Å². The second-order valence-corrected chi connectivity index (χ2v) is 1.80. The van der Waals surface area contributed by atoms with E-state index in [2.05, 4.69) is 12.7 Å². The van der Waals surface area contributed by atoms with Crippen molar-refractivity contribution in [1.29, 1.82) is 0 Å². The lowest BCUT2D eigenvalue weighted by atomic mass is 10.3. The van der Waals surface area contributed by atoms with E-state index in [0.717, 1.165) is 12.8 Å². The molecule has 0 bridgehead atoms. The molecule has 0 aromatic rings. The van der Waals surface area contributed by atoms with E-state index in [1.165, 1.54) is 0 Å². The molecule has 0 saturated heterocycles. The van der Waals surface area contributed by atoms with Crippen molar-refractivity contribution < 1.29 is 0 Å². The van der Waals surface area contributed by atoms with Gasteiger partial charge in [0, 0.05) is 5.88 Å². The van der Waals surface area contributed by atoms with Crippen molar-refractivity contribution >= 4 is 11.6 Å². The van der Waals surface area contributed by atoms with Crippen LogP contribution in [-0.2, 0) is 0 Å². The summed E-state index contributed by atoms with van der Waals surface area (Å²) < 4.78 is 0. The van der Waals surface area contributed by atoms with Gasteiger partial charge < -0.3 is 0 Å². The van der Waals surface area contributed by atoms with Gasteiger partial charge >= 0.3 is 0 Å². The summed E-state index contributed by atoms with van der Waals surface area (Å²) in [5.41, 5.74) is 0. The Morgan fingerprint density at radius 1 is 1.25 bits per heavy atom. The van der Waals surface area contributed by atoms with Gasteiger partial charge in [-0.15, -0.1) is 18.2 Å². The number of allylic oxidation sites excluding steroid dienone is 3. The van der Waals surface area contributed by atoms with Gasteiger partial charge in [-0.3, -0.25) is 0 Å². The minimum absolute atomic E-state index is 0.622. The van der Waals surface area contributed by atoms with Crippen molar-refractivity contribution in [2.45, 2.75) is 12.8 Å². The second-order valence-electron chi connectivity index (χ2n) is 1.49. The molecule has 8 heavy (non-hydrogen) atoms. The van der Waals surface area contributed by atoms with Crippen LogP contribution in [0.25, 0.3) is 0 Å². The molecule has 0 rings (SSSR count). The normalized spacial score (nSPS) is 10.1. The lowest BCUT2D eigenvalue weighted by molar-refractivity contribution is 1.05. The van der Waals surface area contributed by atoms with Gasteiger partial charge in [0.15, 0.2) is 0 Å². The fourth-order valence-electron chi connectivity index (χ4n) is 0.395. The Kier molecular flexibility index (Phi) is 6.58. The first-order valence-electron chi connectivity index (χ1n) is 2.73. The molecule has 0 aliphatic rings. The first kappa shape index (κ1) is 7.77. The van der Waals surface area contributed by atoms with E-state index in [-0.39, 0.29) is 0 Å². The zero-order valence-corrected chi connectivity index (χ0v) is 5.69. The van der Waals surface area contributed by atoms with Gasteiger partial charge in [-0.2, -0.15) is 0 Å². The monoisotopic (exact) mass is 130 g/mol. The number of hydrogen-bond donors (Lipinski definition) is 0. The van der Waals surface area contributed by atoms with E-state index in [0.29, 0.717) is 5.88 Å². The first-order valence-corrected chi connectivity index (χ1v) is 3.27. The smallest absolute Gasteiger partial charge is 0.0404 e. The molecule has 0 fully saturated rings. The quantitative estimate of drug-likeness (QED) is 0.312. The molecule has 0 aromatic heterocycles. The van der Waals surface area contributed by atoms with Gasteiger partial charge in [-0.05, 0) is 12.8 Å². The van der Waals surface area contributed by atoms with Crippen LogP contribution in [0.4, 0.5) is 0 Å². The van der Waals surface area contributed by atoms with Crippen LogP contribution in [0, 0.1) is 0 Å². The third-order valence-electron chi connectivity index (χ3n) is 0.793. The Bertz CT molecular complexity index is 74.5. The lowest BCUT2D eigenvalue weighted by Crippen LogP contribution is -1.63. The van der Waals surface area contributed by atoms with Crippen molar-refractivity contribution in [2.75, 3.05) is 5.88 Å². The van der Waals surface area contributed by atoms with Gasteiger partial charge in [-0.25, -0.2) is 0 Å². The summed E-state index contributed by atoms with van der Waals surface area (Å²) in [5.74, 6) is 0.622. The highest BCUT2D eigenvalue weighted by Gasteiger charge is 1.71. The fraction of sp³-hybridized carbons (Fsp3) is 0.429. The summed E-state index contributed by atoms with van der Waals surface area (Å²) in [5, 5.41) is 0. The van der Waals surface area contributed by atoms with Crippen LogP contribution in [0.3, 0.4) is 0 Å². The number of alkyl halides is 1. The molecule has 0 radical (unpaired) electrons. The van der Waals surface area contributed by atoms with Crippen LogP contribution >= 0.6 is 11.6 Å². The number of hydrogen-bond acceptors (Lipinski definition) is 0. The predicted octanol–water partition coefficient (Wildman–Crippen LogP) is 2.75. The van der Waals surface area contributed by atoms with Crippen LogP contribution in [0.2, 0.25) is 0 Å². The minimum atomic E-state index is 0.622. The maximum Gasteiger partial charge on any atom is 0.0404 e. The van der Waals surface area contributed by atoms with Gasteiger partial charge in [0.1, 0.15) is 0 Å². The summed E-state index contributed by atoms with van der Waals surface area (Å²) in [7, 11) is 0. The molecule has 0 saturated carbocycles. The van der Waals surface area contributed by atoms with E-state index < -0.39 is 0 Å². The third-order valence-corrected chi connectivity index (χ3v) is 0.971. The summed E-state index contributed by atoms with van der Waals surface area (Å²) in [6.07, 6.45) is 8.03. The molecule has 0 spiro atoms. The first-order chi connectivity index (χ1) is 3.91. The molecule has 0 aliphatic heterocycles. The van der Waals surface area contributed by atoms with Crippen molar-refractivity contribution in [3.05, 3.63) is 24.8 Å². The Hall–Kier alpha value is -0.230. The third kappa shape index (κ3) is 5.77. The van der Waals surface area contributed by atoms with E-state index in [1.54, 1.807) is 0 Å². The van der Waals surface area contributed by atoms with Crippen molar-refractivity contribution in [3.63, 3.8) is 0 Å². The fourth-order valence-corrected chi connectivity index (χ4v) is 0.521. The average molecular weight is 131 g/mol. The summed E-state index contributed by atoms with van der Waals surface area (Å²) >= 11 is 5.37. The molecule has 1 heteroatoms. The second kappa shape index (κ2) is 6.77. The summed E-state index contributed by atoms with van der Waals surface area (Å²) in [4.78, 5) is 0. The van der Waals surface area contributed by atoms with Gasteiger partial charge in [0.25, 0.3) is 0 Å². The standard InChI is InChI=1S/C7H11Cl/c1-2-3-4-5-6-7-8/h2,5-6H,1,3-4,7H2/b6-5+. The molecule has 0 amide bonds. The molecular weight excluding hydrogens is 120 g/mol. The zero-order chi connectivity index (χ0) is 6.24. The van der Waals surface area contributed by atoms with Gasteiger partial charge in [0.2, 0.25) is 0 Å². The highest BCUT2D eigenvalue weighted by Crippen LogP contribution is 1.90. The highest BCUT2D eigenvalue weighted by atomic mass is 35.5. The largest absolute Gasteiger partial charge is 0.122 e. The van der Waals surface area contributed by atoms with Crippen LogP contribution in [0.5, 0.6) is 0 Å². The van der Waals surface area contributed by atoms with Gasteiger partial charge in [-0.1, -0.05) is 18.2 Å². The van der Waals surface area contributed by atoms with E-state index in [1.807, 2.05) is 12.2 Å². The number of unbranched alkanes of at least 4 members (excludes halogenated alkanes) is 1. The maximum atomic E-state index is 5.37. The average Bonchev–Trinajstić information content (AvgIpc) is 1.81. The molecule has 0 aliphatic carbocycles. The number of rotatable bonds is 4. The van der Waals surface area contributed by atoms with Crippen LogP contribution in [0.1, 0.15) is 12.8 Å². The molecular formula is C7H11Cl. The zero-order valence-electron chi connectivity index (χ0n) is 4.94. The minimum Gasteiger partial charge on any atom is -0.122 e. The van der Waals surface area contributed by atoms with Crippen LogP contribution < -0.4 is 0 Å². The van der Waals surface area contributed by atoms with Crippen LogP contribution in [0.15, 0.2) is 24.8 Å². The van der Waals surface area contributed by atoms with Crippen molar-refractivity contribution in [3.8, 4) is 0 Å². The molecule has 0 heterocycles. The molecule has 0 unspecified atom stereocenters. The lowest BCUT2D eigenvalue weighted by Gasteiger charge is -1.81. The predicted molar refractivity (Wildman–Crippen MR) is 39.3 cm³/mol.